The molecule has 1 aromatic carbocycles. The molecule has 3 heterocycles. The molecule has 2 aromatic rings. The van der Waals surface area contributed by atoms with Gasteiger partial charge in [-0.05, 0) is 36.4 Å². The summed E-state index contributed by atoms with van der Waals surface area (Å²) in [6.45, 7) is 2.52. The van der Waals surface area contributed by atoms with Crippen LogP contribution in [0.25, 0.3) is 11.3 Å². The van der Waals surface area contributed by atoms with Crippen LogP contribution < -0.4 is 16.4 Å². The lowest BCUT2D eigenvalue weighted by molar-refractivity contribution is -0.158. The molecule has 1 saturated heterocycles. The van der Waals surface area contributed by atoms with Crippen molar-refractivity contribution in [3.8, 4) is 11.3 Å². The zero-order chi connectivity index (χ0) is 22.9. The summed E-state index contributed by atoms with van der Waals surface area (Å²) in [5.74, 6) is -0.389. The number of nitrogens with two attached hydrogens (primary N) is 2. The van der Waals surface area contributed by atoms with Crippen LogP contribution in [0.2, 0.25) is 0 Å². The summed E-state index contributed by atoms with van der Waals surface area (Å²) in [5.41, 5.74) is 14.5. The number of halogens is 4. The Bertz CT molecular complexity index is 919. The molecule has 0 saturated carbocycles. The molecule has 2 aliphatic rings. The van der Waals surface area contributed by atoms with Crippen molar-refractivity contribution >= 4 is 5.69 Å². The molecule has 2 atom stereocenters. The van der Waals surface area contributed by atoms with Crippen LogP contribution >= 0.6 is 0 Å². The fraction of sp³-hybridized carbons (Fsp3) is 0.476. The number of aromatic nitrogens is 1. The first-order valence-electron chi connectivity index (χ1n) is 10.4. The SMILES string of the molecule is NC1c2nc(-c3ccc(F)cc3)ccc2N(CCN2CCOCC2)C(N)N1CC(F)(F)F. The van der Waals surface area contributed by atoms with E-state index in [-0.39, 0.29) is 5.82 Å². The van der Waals surface area contributed by atoms with Gasteiger partial charge >= 0.3 is 6.18 Å². The number of anilines is 1. The standard InChI is InChI=1S/C21H26F4N6O/c22-15-3-1-14(2-4-15)16-5-6-17-18(28-16)19(26)31(13-21(23,24)25)20(27)30(17)8-7-29-9-11-32-12-10-29/h1-6,19-20H,7-13,26-27H2. The van der Waals surface area contributed by atoms with Crippen LogP contribution in [0.1, 0.15) is 11.9 Å². The highest BCUT2D eigenvalue weighted by molar-refractivity contribution is 5.65. The van der Waals surface area contributed by atoms with Crippen LogP contribution in [0.5, 0.6) is 0 Å². The molecule has 0 amide bonds. The molecule has 0 aliphatic carbocycles. The number of hydrogen-bond donors (Lipinski definition) is 2. The summed E-state index contributed by atoms with van der Waals surface area (Å²) >= 11 is 0. The van der Waals surface area contributed by atoms with Gasteiger partial charge in [0.1, 0.15) is 18.3 Å². The van der Waals surface area contributed by atoms with Crippen molar-refractivity contribution < 1.29 is 22.3 Å². The number of rotatable bonds is 5. The molecule has 1 aromatic heterocycles. The number of pyridine rings is 1. The van der Waals surface area contributed by atoms with E-state index in [1.807, 2.05) is 0 Å². The summed E-state index contributed by atoms with van der Waals surface area (Å²) in [6, 6.07) is 9.24. The Labute approximate surface area is 183 Å². The summed E-state index contributed by atoms with van der Waals surface area (Å²) in [5, 5.41) is 0. The van der Waals surface area contributed by atoms with Gasteiger partial charge in [0.25, 0.3) is 0 Å². The quantitative estimate of drug-likeness (QED) is 0.670. The third-order valence-electron chi connectivity index (χ3n) is 5.77. The highest BCUT2D eigenvalue weighted by Crippen LogP contribution is 2.36. The van der Waals surface area contributed by atoms with Gasteiger partial charge in [0.15, 0.2) is 0 Å². The van der Waals surface area contributed by atoms with Crippen molar-refractivity contribution in [2.45, 2.75) is 18.6 Å². The predicted octanol–water partition coefficient (Wildman–Crippen LogP) is 2.10. The lowest BCUT2D eigenvalue weighted by Gasteiger charge is -2.47. The molecule has 32 heavy (non-hydrogen) atoms. The summed E-state index contributed by atoms with van der Waals surface area (Å²) in [4.78, 5) is 9.46. The number of ether oxygens (including phenoxy) is 1. The maximum atomic E-state index is 13.3. The Morgan fingerprint density at radius 3 is 2.34 bits per heavy atom. The third kappa shape index (κ3) is 5.02. The predicted molar refractivity (Wildman–Crippen MR) is 112 cm³/mol. The molecule has 11 heteroatoms. The Morgan fingerprint density at radius 1 is 1.00 bits per heavy atom. The van der Waals surface area contributed by atoms with E-state index in [0.29, 0.717) is 48.9 Å². The highest BCUT2D eigenvalue weighted by atomic mass is 19.4. The van der Waals surface area contributed by atoms with Gasteiger partial charge in [-0.1, -0.05) is 0 Å². The van der Waals surface area contributed by atoms with Crippen LogP contribution in [0.3, 0.4) is 0 Å². The fourth-order valence-corrected chi connectivity index (χ4v) is 4.08. The maximum Gasteiger partial charge on any atom is 0.401 e. The molecule has 0 bridgehead atoms. The topological polar surface area (TPSA) is 83.9 Å². The zero-order valence-corrected chi connectivity index (χ0v) is 17.4. The lowest BCUT2D eigenvalue weighted by Crippen LogP contribution is -2.63. The number of morpholine rings is 1. The second kappa shape index (κ2) is 9.28. The van der Waals surface area contributed by atoms with Gasteiger partial charge in [-0.3, -0.25) is 10.6 Å². The molecular weight excluding hydrogens is 428 g/mol. The van der Waals surface area contributed by atoms with Crippen LogP contribution in [0.4, 0.5) is 23.2 Å². The van der Waals surface area contributed by atoms with Gasteiger partial charge in [0.2, 0.25) is 0 Å². The van der Waals surface area contributed by atoms with Gasteiger partial charge in [0.05, 0.1) is 36.8 Å². The van der Waals surface area contributed by atoms with Crippen molar-refractivity contribution in [2.24, 2.45) is 11.5 Å². The van der Waals surface area contributed by atoms with Crippen LogP contribution in [0, 0.1) is 5.82 Å². The number of benzene rings is 1. The molecule has 4 rings (SSSR count). The van der Waals surface area contributed by atoms with E-state index in [2.05, 4.69) is 9.88 Å². The van der Waals surface area contributed by atoms with E-state index in [0.717, 1.165) is 18.0 Å². The molecule has 1 fully saturated rings. The monoisotopic (exact) mass is 454 g/mol. The molecular formula is C21H26F4N6O. The first kappa shape index (κ1) is 22.9. The van der Waals surface area contributed by atoms with Gasteiger partial charge in [-0.2, -0.15) is 13.2 Å². The van der Waals surface area contributed by atoms with Gasteiger partial charge in [-0.25, -0.2) is 14.3 Å². The molecule has 0 radical (unpaired) electrons. The molecule has 0 spiro atoms. The van der Waals surface area contributed by atoms with Crippen molar-refractivity contribution in [2.75, 3.05) is 50.8 Å². The Kier molecular flexibility index (Phi) is 6.63. The average Bonchev–Trinajstić information content (AvgIpc) is 2.77. The first-order chi connectivity index (χ1) is 15.2. The van der Waals surface area contributed by atoms with E-state index in [9.17, 15) is 17.6 Å². The minimum atomic E-state index is -4.48. The Balaban J connectivity index is 1.66. The molecule has 7 nitrogen and oxygen atoms in total. The first-order valence-corrected chi connectivity index (χ1v) is 10.4. The highest BCUT2D eigenvalue weighted by Gasteiger charge is 2.42. The Hall–Kier alpha value is -2.31. The normalized spacial score (nSPS) is 22.8. The van der Waals surface area contributed by atoms with E-state index in [4.69, 9.17) is 16.2 Å². The largest absolute Gasteiger partial charge is 0.401 e. The summed E-state index contributed by atoms with van der Waals surface area (Å²) in [7, 11) is 0. The zero-order valence-electron chi connectivity index (χ0n) is 17.4. The minimum absolute atomic E-state index is 0.305. The lowest BCUT2D eigenvalue weighted by atomic mass is 10.1. The van der Waals surface area contributed by atoms with Crippen molar-refractivity contribution in [1.82, 2.24) is 14.8 Å². The van der Waals surface area contributed by atoms with E-state index < -0.39 is 25.2 Å². The maximum absolute atomic E-state index is 13.3. The minimum Gasteiger partial charge on any atom is -0.379 e. The number of fused-ring (bicyclic) bond motifs is 1. The summed E-state index contributed by atoms with van der Waals surface area (Å²) < 4.78 is 58.5. The van der Waals surface area contributed by atoms with Crippen LogP contribution in [0.15, 0.2) is 36.4 Å². The molecule has 2 unspecified atom stereocenters. The fourth-order valence-electron chi connectivity index (χ4n) is 4.08. The van der Waals surface area contributed by atoms with Crippen LogP contribution in [-0.2, 0) is 4.74 Å². The average molecular weight is 454 g/mol. The second-order valence-corrected chi connectivity index (χ2v) is 7.90. The molecule has 4 N–H and O–H groups in total. The number of nitrogens with zero attached hydrogens (tertiary/aromatic N) is 4. The molecule has 174 valence electrons. The van der Waals surface area contributed by atoms with Crippen molar-refractivity contribution in [3.05, 3.63) is 47.9 Å². The van der Waals surface area contributed by atoms with Gasteiger partial charge in [0, 0.05) is 31.7 Å². The molecule has 2 aliphatic heterocycles. The third-order valence-corrected chi connectivity index (χ3v) is 5.77. The smallest absolute Gasteiger partial charge is 0.379 e. The number of alkyl halides is 3. The van der Waals surface area contributed by atoms with Crippen molar-refractivity contribution in [3.63, 3.8) is 0 Å². The van der Waals surface area contributed by atoms with Crippen molar-refractivity contribution in [1.29, 1.82) is 0 Å². The van der Waals surface area contributed by atoms with Crippen LogP contribution in [-0.4, -0.2) is 73.2 Å². The van der Waals surface area contributed by atoms with Gasteiger partial charge in [-0.15, -0.1) is 0 Å². The summed E-state index contributed by atoms with van der Waals surface area (Å²) in [6.07, 6.45) is -6.67. The van der Waals surface area contributed by atoms with Gasteiger partial charge < -0.3 is 15.4 Å². The Morgan fingerprint density at radius 2 is 1.69 bits per heavy atom. The van der Waals surface area contributed by atoms with E-state index in [1.165, 1.54) is 12.1 Å². The van der Waals surface area contributed by atoms with E-state index in [1.54, 1.807) is 29.2 Å². The second-order valence-electron chi connectivity index (χ2n) is 7.90. The number of hydrogen-bond acceptors (Lipinski definition) is 7. The van der Waals surface area contributed by atoms with E-state index >= 15 is 0 Å².